The summed E-state index contributed by atoms with van der Waals surface area (Å²) >= 11 is 1.16. The average molecular weight is 418 g/mol. The molecular formula is C19H22F3NO2S2. The second-order valence-electron chi connectivity index (χ2n) is 6.89. The quantitative estimate of drug-likeness (QED) is 0.703. The molecule has 0 spiro atoms. The molecule has 148 valence electrons. The first-order valence-corrected chi connectivity index (χ1v) is 10.2. The van der Waals surface area contributed by atoms with Gasteiger partial charge in [-0.2, -0.15) is 13.2 Å². The van der Waals surface area contributed by atoms with Crippen LogP contribution in [0, 0.1) is 0 Å². The Morgan fingerprint density at radius 1 is 1.04 bits per heavy atom. The summed E-state index contributed by atoms with van der Waals surface area (Å²) in [6, 6.07) is 10.5. The molecule has 0 fully saturated rings. The number of rotatable bonds is 6. The van der Waals surface area contributed by atoms with Crippen LogP contribution in [0.3, 0.4) is 0 Å². The minimum atomic E-state index is -4.45. The summed E-state index contributed by atoms with van der Waals surface area (Å²) in [5, 5.41) is 9.47. The molecule has 0 aliphatic rings. The molecule has 2 aromatic rings. The van der Waals surface area contributed by atoms with Crippen molar-refractivity contribution in [3.05, 3.63) is 59.2 Å². The minimum absolute atomic E-state index is 0.172. The van der Waals surface area contributed by atoms with E-state index in [0.717, 1.165) is 23.9 Å². The number of benzene rings is 2. The molecule has 1 atom stereocenters. The number of nitrogens with one attached hydrogen (secondary N) is 1. The third-order valence-electron chi connectivity index (χ3n) is 3.71. The normalized spacial score (nSPS) is 13.6. The van der Waals surface area contributed by atoms with Crippen molar-refractivity contribution in [1.29, 1.82) is 0 Å². The van der Waals surface area contributed by atoms with Crippen molar-refractivity contribution in [2.24, 2.45) is 0 Å². The van der Waals surface area contributed by atoms with Crippen LogP contribution in [0.15, 0.2) is 52.3 Å². The van der Waals surface area contributed by atoms with E-state index in [2.05, 4.69) is 4.72 Å². The zero-order valence-corrected chi connectivity index (χ0v) is 16.9. The van der Waals surface area contributed by atoms with E-state index in [0.29, 0.717) is 20.9 Å². The van der Waals surface area contributed by atoms with Crippen LogP contribution in [0.4, 0.5) is 13.2 Å². The van der Waals surface area contributed by atoms with Crippen LogP contribution in [0.2, 0.25) is 0 Å². The summed E-state index contributed by atoms with van der Waals surface area (Å²) < 4.78 is 54.0. The summed E-state index contributed by atoms with van der Waals surface area (Å²) in [4.78, 5) is 1.08. The van der Waals surface area contributed by atoms with E-state index in [4.69, 9.17) is 0 Å². The molecule has 8 heteroatoms. The smallest absolute Gasteiger partial charge is 0.392 e. The second kappa shape index (κ2) is 8.77. The molecule has 0 saturated carbocycles. The van der Waals surface area contributed by atoms with E-state index in [1.807, 2.05) is 20.8 Å². The zero-order valence-electron chi connectivity index (χ0n) is 15.3. The zero-order chi connectivity index (χ0) is 20.2. The van der Waals surface area contributed by atoms with Crippen molar-refractivity contribution in [1.82, 2.24) is 4.72 Å². The van der Waals surface area contributed by atoms with Crippen LogP contribution in [-0.4, -0.2) is 14.1 Å². The summed E-state index contributed by atoms with van der Waals surface area (Å²) in [6.45, 7) is 5.41. The maximum Gasteiger partial charge on any atom is 0.416 e. The van der Waals surface area contributed by atoms with Crippen molar-refractivity contribution in [2.45, 2.75) is 54.6 Å². The predicted octanol–water partition coefficient (Wildman–Crippen LogP) is 4.90. The highest BCUT2D eigenvalue weighted by molar-refractivity contribution is 7.99. The maximum absolute atomic E-state index is 13.1. The van der Waals surface area contributed by atoms with Gasteiger partial charge in [-0.3, -0.25) is 0 Å². The molecule has 0 saturated heterocycles. The third kappa shape index (κ3) is 6.07. The van der Waals surface area contributed by atoms with E-state index in [1.54, 1.807) is 24.3 Å². The van der Waals surface area contributed by atoms with E-state index in [-0.39, 0.29) is 13.2 Å². The third-order valence-corrected chi connectivity index (χ3v) is 6.44. The molecule has 0 aromatic heterocycles. The Morgan fingerprint density at radius 2 is 1.70 bits per heavy atom. The standard InChI is InChI=1S/C19H22F3NO2S2/c1-18(2,3)27(25)23-11-13-8-9-15(19(20,21)22)10-17(13)26-16-7-5-4-6-14(16)12-24/h4-10,23-24H,11-12H2,1-3H3. The van der Waals surface area contributed by atoms with Crippen LogP contribution in [0.25, 0.3) is 0 Å². The Hall–Kier alpha value is -1.35. The Bertz CT molecular complexity index is 817. The van der Waals surface area contributed by atoms with Crippen LogP contribution in [-0.2, 0) is 30.3 Å². The highest BCUT2D eigenvalue weighted by Crippen LogP contribution is 2.37. The lowest BCUT2D eigenvalue weighted by Crippen LogP contribution is -2.33. The van der Waals surface area contributed by atoms with Gasteiger partial charge in [0.15, 0.2) is 0 Å². The van der Waals surface area contributed by atoms with Crippen molar-refractivity contribution < 1.29 is 22.5 Å². The van der Waals surface area contributed by atoms with Gasteiger partial charge in [0, 0.05) is 16.3 Å². The Morgan fingerprint density at radius 3 is 2.30 bits per heavy atom. The maximum atomic E-state index is 13.1. The lowest BCUT2D eigenvalue weighted by molar-refractivity contribution is -0.137. The summed E-state index contributed by atoms with van der Waals surface area (Å²) in [7, 11) is -1.34. The van der Waals surface area contributed by atoms with E-state index in [1.165, 1.54) is 6.07 Å². The largest absolute Gasteiger partial charge is 0.416 e. The van der Waals surface area contributed by atoms with Crippen molar-refractivity contribution >= 4 is 22.7 Å². The number of hydrogen-bond donors (Lipinski definition) is 2. The van der Waals surface area contributed by atoms with Gasteiger partial charge >= 0.3 is 6.18 Å². The Kier molecular flexibility index (Phi) is 7.13. The van der Waals surface area contributed by atoms with E-state index >= 15 is 0 Å². The van der Waals surface area contributed by atoms with Gasteiger partial charge in [0.2, 0.25) is 0 Å². The predicted molar refractivity (Wildman–Crippen MR) is 103 cm³/mol. The van der Waals surface area contributed by atoms with Crippen molar-refractivity contribution in [3.63, 3.8) is 0 Å². The number of aliphatic hydroxyl groups is 1. The molecule has 0 amide bonds. The van der Waals surface area contributed by atoms with Crippen LogP contribution < -0.4 is 4.72 Å². The van der Waals surface area contributed by atoms with Crippen LogP contribution >= 0.6 is 11.8 Å². The van der Waals surface area contributed by atoms with Crippen LogP contribution in [0.5, 0.6) is 0 Å². The van der Waals surface area contributed by atoms with Crippen molar-refractivity contribution in [3.8, 4) is 0 Å². The van der Waals surface area contributed by atoms with Gasteiger partial charge in [-0.1, -0.05) is 36.0 Å². The summed E-state index contributed by atoms with van der Waals surface area (Å²) in [6.07, 6.45) is -4.45. The Labute approximate surface area is 164 Å². The average Bonchev–Trinajstić information content (AvgIpc) is 2.59. The van der Waals surface area contributed by atoms with E-state index in [9.17, 15) is 22.5 Å². The lowest BCUT2D eigenvalue weighted by Gasteiger charge is -2.19. The number of alkyl halides is 3. The molecule has 0 radical (unpaired) electrons. The molecule has 0 heterocycles. The number of hydrogen-bond acceptors (Lipinski definition) is 3. The minimum Gasteiger partial charge on any atom is -0.392 e. The van der Waals surface area contributed by atoms with E-state index < -0.39 is 27.5 Å². The summed E-state index contributed by atoms with van der Waals surface area (Å²) in [5.41, 5.74) is 0.502. The molecule has 2 aromatic carbocycles. The topological polar surface area (TPSA) is 49.3 Å². The molecule has 0 aliphatic heterocycles. The van der Waals surface area contributed by atoms with Gasteiger partial charge in [0.25, 0.3) is 0 Å². The highest BCUT2D eigenvalue weighted by Gasteiger charge is 2.31. The van der Waals surface area contributed by atoms with Gasteiger partial charge < -0.3 is 5.11 Å². The Balaban J connectivity index is 2.37. The summed E-state index contributed by atoms with van der Waals surface area (Å²) in [5.74, 6) is 0. The first-order valence-electron chi connectivity index (χ1n) is 8.24. The van der Waals surface area contributed by atoms with Gasteiger partial charge in [-0.05, 0) is 50.1 Å². The number of halogens is 3. The molecule has 0 bridgehead atoms. The van der Waals surface area contributed by atoms with Gasteiger partial charge in [-0.25, -0.2) is 8.93 Å². The molecular weight excluding hydrogens is 395 g/mol. The molecule has 1 unspecified atom stereocenters. The van der Waals surface area contributed by atoms with Crippen molar-refractivity contribution in [2.75, 3.05) is 0 Å². The SMILES string of the molecule is CC(C)(C)S(=O)NCc1ccc(C(F)(F)F)cc1Sc1ccccc1CO. The fourth-order valence-electron chi connectivity index (χ4n) is 2.18. The second-order valence-corrected chi connectivity index (χ2v) is 10.0. The van der Waals surface area contributed by atoms with Gasteiger partial charge in [0.05, 0.1) is 27.9 Å². The molecule has 0 aliphatic carbocycles. The number of aliphatic hydroxyl groups excluding tert-OH is 1. The highest BCUT2D eigenvalue weighted by atomic mass is 32.2. The first kappa shape index (κ1) is 21.9. The molecule has 2 rings (SSSR count). The van der Waals surface area contributed by atoms with Crippen LogP contribution in [0.1, 0.15) is 37.5 Å². The first-order chi connectivity index (χ1) is 12.5. The molecule has 2 N–H and O–H groups in total. The lowest BCUT2D eigenvalue weighted by atomic mass is 10.1. The molecule has 3 nitrogen and oxygen atoms in total. The molecule has 27 heavy (non-hydrogen) atoms. The van der Waals surface area contributed by atoms with Gasteiger partial charge in [0.1, 0.15) is 0 Å². The van der Waals surface area contributed by atoms with Gasteiger partial charge in [-0.15, -0.1) is 0 Å². The fraction of sp³-hybridized carbons (Fsp3) is 0.368. The monoisotopic (exact) mass is 417 g/mol. The fourth-order valence-corrected chi connectivity index (χ4v) is 4.01.